The number of nitrogens with zero attached hydrogens (tertiary/aromatic N) is 2. The predicted molar refractivity (Wildman–Crippen MR) is 72.7 cm³/mol. The van der Waals surface area contributed by atoms with E-state index >= 15 is 0 Å². The summed E-state index contributed by atoms with van der Waals surface area (Å²) in [4.78, 5) is 11.8. The Bertz CT molecular complexity index is 621. The molecule has 0 fully saturated rings. The van der Waals surface area contributed by atoms with Gasteiger partial charge in [-0.3, -0.25) is 4.79 Å². The van der Waals surface area contributed by atoms with Crippen LogP contribution in [0, 0.1) is 20.8 Å². The van der Waals surface area contributed by atoms with Gasteiger partial charge in [-0.2, -0.15) is 5.10 Å². The van der Waals surface area contributed by atoms with Crippen molar-refractivity contribution in [2.45, 2.75) is 27.3 Å². The Morgan fingerprint density at radius 2 is 1.78 bits per heavy atom. The Labute approximate surface area is 106 Å². The summed E-state index contributed by atoms with van der Waals surface area (Å²) >= 11 is 0. The lowest BCUT2D eigenvalue weighted by molar-refractivity contribution is 0.635. The van der Waals surface area contributed by atoms with Crippen molar-refractivity contribution in [3.63, 3.8) is 0 Å². The second kappa shape index (κ2) is 4.64. The van der Waals surface area contributed by atoms with E-state index in [4.69, 9.17) is 5.73 Å². The van der Waals surface area contributed by atoms with Crippen LogP contribution in [0.25, 0.3) is 0 Å². The summed E-state index contributed by atoms with van der Waals surface area (Å²) < 4.78 is 1.43. The van der Waals surface area contributed by atoms with E-state index in [1.165, 1.54) is 33.6 Å². The molecule has 0 radical (unpaired) electrons. The Morgan fingerprint density at radius 1 is 1.17 bits per heavy atom. The zero-order valence-corrected chi connectivity index (χ0v) is 10.9. The zero-order valence-electron chi connectivity index (χ0n) is 10.9. The van der Waals surface area contributed by atoms with Crippen molar-refractivity contribution in [1.82, 2.24) is 9.78 Å². The van der Waals surface area contributed by atoms with Crippen molar-refractivity contribution < 1.29 is 0 Å². The standard InChI is InChI=1S/C14H17N3O/c1-9-4-10(2)13(11(3)5-9)8-17-14(18)6-12(15)7-16-17/h4-7H,8,15H2,1-3H3. The van der Waals surface area contributed by atoms with Gasteiger partial charge in [-0.1, -0.05) is 17.7 Å². The van der Waals surface area contributed by atoms with Crippen LogP contribution >= 0.6 is 0 Å². The minimum Gasteiger partial charge on any atom is -0.397 e. The van der Waals surface area contributed by atoms with Crippen molar-refractivity contribution in [3.8, 4) is 0 Å². The number of aryl methyl sites for hydroxylation is 3. The fourth-order valence-electron chi connectivity index (χ4n) is 2.18. The smallest absolute Gasteiger partial charge is 0.269 e. The SMILES string of the molecule is Cc1cc(C)c(Cn2ncc(N)cc2=O)c(C)c1. The number of rotatable bonds is 2. The lowest BCUT2D eigenvalue weighted by atomic mass is 10.00. The lowest BCUT2D eigenvalue weighted by Crippen LogP contribution is -2.23. The van der Waals surface area contributed by atoms with E-state index in [-0.39, 0.29) is 5.56 Å². The quantitative estimate of drug-likeness (QED) is 0.874. The zero-order chi connectivity index (χ0) is 13.3. The van der Waals surface area contributed by atoms with Gasteiger partial charge in [0.05, 0.1) is 18.4 Å². The average Bonchev–Trinajstić information content (AvgIpc) is 2.25. The van der Waals surface area contributed by atoms with Gasteiger partial charge in [0.15, 0.2) is 0 Å². The molecule has 0 aliphatic carbocycles. The Morgan fingerprint density at radius 3 is 2.33 bits per heavy atom. The van der Waals surface area contributed by atoms with E-state index in [1.54, 1.807) is 0 Å². The molecule has 0 aliphatic rings. The van der Waals surface area contributed by atoms with Crippen molar-refractivity contribution in [3.05, 3.63) is 57.0 Å². The van der Waals surface area contributed by atoms with E-state index in [0.29, 0.717) is 12.2 Å². The molecule has 0 amide bonds. The van der Waals surface area contributed by atoms with Gasteiger partial charge in [-0.15, -0.1) is 0 Å². The molecule has 18 heavy (non-hydrogen) atoms. The van der Waals surface area contributed by atoms with Crippen LogP contribution in [0.5, 0.6) is 0 Å². The van der Waals surface area contributed by atoms with Crippen LogP contribution < -0.4 is 11.3 Å². The van der Waals surface area contributed by atoms with Crippen molar-refractivity contribution in [2.24, 2.45) is 0 Å². The van der Waals surface area contributed by atoms with Crippen LogP contribution in [0.1, 0.15) is 22.3 Å². The summed E-state index contributed by atoms with van der Waals surface area (Å²) in [5.41, 5.74) is 10.5. The first-order valence-electron chi connectivity index (χ1n) is 5.87. The number of aromatic nitrogens is 2. The molecule has 0 saturated carbocycles. The number of anilines is 1. The molecule has 2 rings (SSSR count). The van der Waals surface area contributed by atoms with E-state index < -0.39 is 0 Å². The van der Waals surface area contributed by atoms with E-state index in [2.05, 4.69) is 38.0 Å². The van der Waals surface area contributed by atoms with Crippen LogP contribution in [0.2, 0.25) is 0 Å². The fraction of sp³-hybridized carbons (Fsp3) is 0.286. The molecule has 1 aromatic heterocycles. The highest BCUT2D eigenvalue weighted by Gasteiger charge is 2.06. The minimum atomic E-state index is -0.172. The predicted octanol–water partition coefficient (Wildman–Crippen LogP) is 1.80. The summed E-state index contributed by atoms with van der Waals surface area (Å²) in [6.07, 6.45) is 1.50. The molecule has 94 valence electrons. The average molecular weight is 243 g/mol. The van der Waals surface area contributed by atoms with Gasteiger partial charge >= 0.3 is 0 Å². The fourth-order valence-corrected chi connectivity index (χ4v) is 2.18. The summed E-state index contributed by atoms with van der Waals surface area (Å²) in [6.45, 7) is 6.66. The molecular formula is C14H17N3O. The third-order valence-corrected chi connectivity index (χ3v) is 3.04. The van der Waals surface area contributed by atoms with Gasteiger partial charge in [-0.05, 0) is 37.5 Å². The third-order valence-electron chi connectivity index (χ3n) is 3.04. The number of nitrogen functional groups attached to an aromatic ring is 1. The molecule has 2 N–H and O–H groups in total. The van der Waals surface area contributed by atoms with Crippen LogP contribution in [-0.4, -0.2) is 9.78 Å². The number of benzene rings is 1. The van der Waals surface area contributed by atoms with Crippen LogP contribution in [0.4, 0.5) is 5.69 Å². The molecule has 0 unspecified atom stereocenters. The van der Waals surface area contributed by atoms with E-state index in [9.17, 15) is 4.79 Å². The molecule has 0 aliphatic heterocycles. The highest BCUT2D eigenvalue weighted by atomic mass is 16.1. The van der Waals surface area contributed by atoms with Crippen molar-refractivity contribution in [1.29, 1.82) is 0 Å². The van der Waals surface area contributed by atoms with Crippen molar-refractivity contribution in [2.75, 3.05) is 5.73 Å². The second-order valence-corrected chi connectivity index (χ2v) is 4.66. The topological polar surface area (TPSA) is 60.9 Å². The van der Waals surface area contributed by atoms with E-state index in [0.717, 1.165) is 5.56 Å². The molecular weight excluding hydrogens is 226 g/mol. The first-order chi connectivity index (χ1) is 8.47. The molecule has 2 aromatic rings. The van der Waals surface area contributed by atoms with Gasteiger partial charge in [0.25, 0.3) is 5.56 Å². The third kappa shape index (κ3) is 2.42. The maximum atomic E-state index is 11.8. The molecule has 1 heterocycles. The molecule has 0 saturated heterocycles. The monoisotopic (exact) mass is 243 g/mol. The summed E-state index contributed by atoms with van der Waals surface area (Å²) in [5.74, 6) is 0. The molecule has 0 atom stereocenters. The van der Waals surface area contributed by atoms with Gasteiger partial charge in [-0.25, -0.2) is 4.68 Å². The Balaban J connectivity index is 2.43. The van der Waals surface area contributed by atoms with Crippen LogP contribution in [0.15, 0.2) is 29.2 Å². The minimum absolute atomic E-state index is 0.172. The Kier molecular flexibility index (Phi) is 3.19. The van der Waals surface area contributed by atoms with Gasteiger partial charge < -0.3 is 5.73 Å². The Hall–Kier alpha value is -2.10. The van der Waals surface area contributed by atoms with Gasteiger partial charge in [0.2, 0.25) is 0 Å². The maximum Gasteiger partial charge on any atom is 0.269 e. The maximum absolute atomic E-state index is 11.8. The summed E-state index contributed by atoms with van der Waals surface area (Å²) in [7, 11) is 0. The molecule has 0 spiro atoms. The van der Waals surface area contributed by atoms with Crippen LogP contribution in [0.3, 0.4) is 0 Å². The van der Waals surface area contributed by atoms with Crippen LogP contribution in [-0.2, 0) is 6.54 Å². The number of hydrogen-bond donors (Lipinski definition) is 1. The molecule has 4 nitrogen and oxygen atoms in total. The molecule has 4 heteroatoms. The lowest BCUT2D eigenvalue weighted by Gasteiger charge is -2.12. The molecule has 1 aromatic carbocycles. The van der Waals surface area contributed by atoms with Gasteiger partial charge in [0.1, 0.15) is 0 Å². The molecule has 0 bridgehead atoms. The first-order valence-corrected chi connectivity index (χ1v) is 5.87. The number of hydrogen-bond acceptors (Lipinski definition) is 3. The van der Waals surface area contributed by atoms with Gasteiger partial charge in [0, 0.05) is 6.07 Å². The summed E-state index contributed by atoms with van der Waals surface area (Å²) in [5, 5.41) is 4.06. The van der Waals surface area contributed by atoms with E-state index in [1.807, 2.05) is 0 Å². The highest BCUT2D eigenvalue weighted by Crippen LogP contribution is 2.16. The number of nitrogens with two attached hydrogens (primary N) is 1. The normalized spacial score (nSPS) is 10.6. The summed E-state index contributed by atoms with van der Waals surface area (Å²) in [6, 6.07) is 5.63. The first kappa shape index (κ1) is 12.4. The highest BCUT2D eigenvalue weighted by molar-refractivity contribution is 5.38. The van der Waals surface area contributed by atoms with Crippen molar-refractivity contribution >= 4 is 5.69 Å². The second-order valence-electron chi connectivity index (χ2n) is 4.66. The largest absolute Gasteiger partial charge is 0.397 e.